The normalized spacial score (nSPS) is 12.3. The summed E-state index contributed by atoms with van der Waals surface area (Å²) in [4.78, 5) is 8.61. The molecule has 1 aromatic heterocycles. The first-order valence-corrected chi connectivity index (χ1v) is 9.41. The highest BCUT2D eigenvalue weighted by atomic mass is 15.3. The molecule has 28 heavy (non-hydrogen) atoms. The molecule has 0 aliphatic carbocycles. The number of rotatable bonds is 8. The highest BCUT2D eigenvalue weighted by Crippen LogP contribution is 2.19. The smallest absolute Gasteiger partial charge is 0.158 e. The summed E-state index contributed by atoms with van der Waals surface area (Å²) in [6, 6.07) is 7.74. The molecule has 0 aliphatic rings. The lowest BCUT2D eigenvalue weighted by Gasteiger charge is -2.09. The molecule has 0 unspecified atom stereocenters. The first kappa shape index (κ1) is 21.3. The van der Waals surface area contributed by atoms with Gasteiger partial charge >= 0.3 is 0 Å². The fraction of sp³-hybridized carbons (Fsp3) is 0.364. The van der Waals surface area contributed by atoms with Crippen LogP contribution in [0.25, 0.3) is 0 Å². The Morgan fingerprint density at radius 2 is 2.21 bits per heavy atom. The van der Waals surface area contributed by atoms with Gasteiger partial charge in [-0.2, -0.15) is 10.4 Å². The third kappa shape index (κ3) is 6.00. The summed E-state index contributed by atoms with van der Waals surface area (Å²) in [7, 11) is 0. The predicted octanol–water partition coefficient (Wildman–Crippen LogP) is 3.70. The number of nitrogens with two attached hydrogens (primary N) is 1. The van der Waals surface area contributed by atoms with Crippen molar-refractivity contribution in [3.8, 4) is 6.07 Å². The van der Waals surface area contributed by atoms with E-state index >= 15 is 0 Å². The van der Waals surface area contributed by atoms with Gasteiger partial charge in [-0.05, 0) is 61.9 Å². The van der Waals surface area contributed by atoms with Gasteiger partial charge in [0, 0.05) is 30.9 Å². The summed E-state index contributed by atoms with van der Waals surface area (Å²) in [5.74, 6) is 1.06. The van der Waals surface area contributed by atoms with Crippen molar-refractivity contribution in [1.82, 2.24) is 9.78 Å². The van der Waals surface area contributed by atoms with Crippen molar-refractivity contribution in [2.24, 2.45) is 21.6 Å². The molecule has 0 bridgehead atoms. The molecule has 0 atom stereocenters. The van der Waals surface area contributed by atoms with Crippen LogP contribution in [0, 0.1) is 17.2 Å². The molecule has 6 nitrogen and oxygen atoms in total. The predicted molar refractivity (Wildman–Crippen MR) is 115 cm³/mol. The number of aliphatic imine (C=N–C) groups is 2. The molecule has 0 spiro atoms. The molecule has 2 aromatic rings. The Kier molecular flexibility index (Phi) is 7.85. The number of amidine groups is 1. The number of nitriles is 1. The number of aromatic nitrogens is 2. The van der Waals surface area contributed by atoms with Gasteiger partial charge in [-0.3, -0.25) is 4.68 Å². The van der Waals surface area contributed by atoms with Crippen LogP contribution in [0.15, 0.2) is 52.4 Å². The topological polar surface area (TPSA) is 92.3 Å². The Balaban J connectivity index is 2.38. The van der Waals surface area contributed by atoms with Crippen molar-refractivity contribution < 1.29 is 0 Å². The molecule has 1 aromatic carbocycles. The number of hydrogen-bond donors (Lipinski definition) is 1. The van der Waals surface area contributed by atoms with E-state index in [4.69, 9.17) is 5.73 Å². The van der Waals surface area contributed by atoms with E-state index in [9.17, 15) is 5.26 Å². The lowest BCUT2D eigenvalue weighted by Crippen LogP contribution is -2.05. The fourth-order valence-electron chi connectivity index (χ4n) is 2.88. The third-order valence-corrected chi connectivity index (χ3v) is 4.20. The second kappa shape index (κ2) is 10.3. The molecule has 0 fully saturated rings. The maximum absolute atomic E-state index is 9.30. The SMILES string of the molecule is C=N/C(=N\C=C(/C)CCN)c1ccc(C#N)cc1Cc1cnn(CC(C)C)c1. The Morgan fingerprint density at radius 1 is 1.43 bits per heavy atom. The van der Waals surface area contributed by atoms with Crippen LogP contribution < -0.4 is 5.73 Å². The second-order valence-corrected chi connectivity index (χ2v) is 7.25. The molecule has 6 heteroatoms. The van der Waals surface area contributed by atoms with E-state index in [-0.39, 0.29) is 0 Å². The molecular weight excluding hydrogens is 348 g/mol. The zero-order valence-corrected chi connectivity index (χ0v) is 16.9. The van der Waals surface area contributed by atoms with Gasteiger partial charge in [0.15, 0.2) is 5.84 Å². The first-order chi connectivity index (χ1) is 13.5. The lowest BCUT2D eigenvalue weighted by atomic mass is 9.98. The quantitative estimate of drug-likeness (QED) is 0.562. The van der Waals surface area contributed by atoms with Gasteiger partial charge < -0.3 is 5.73 Å². The number of nitrogens with zero attached hydrogens (tertiary/aromatic N) is 5. The van der Waals surface area contributed by atoms with E-state index in [1.54, 1.807) is 12.3 Å². The maximum Gasteiger partial charge on any atom is 0.158 e. The molecule has 0 saturated carbocycles. The van der Waals surface area contributed by atoms with Gasteiger partial charge in [-0.1, -0.05) is 19.4 Å². The molecule has 0 aliphatic heterocycles. The average Bonchev–Trinajstić information content (AvgIpc) is 3.09. The number of hydrogen-bond acceptors (Lipinski definition) is 4. The minimum atomic E-state index is 0.525. The van der Waals surface area contributed by atoms with Crippen LogP contribution in [0.1, 0.15) is 49.4 Å². The van der Waals surface area contributed by atoms with Crippen LogP contribution in [-0.4, -0.2) is 28.9 Å². The van der Waals surface area contributed by atoms with Gasteiger partial charge in [0.1, 0.15) is 0 Å². The molecule has 2 N–H and O–H groups in total. The van der Waals surface area contributed by atoms with Gasteiger partial charge in [0.2, 0.25) is 0 Å². The zero-order chi connectivity index (χ0) is 20.5. The molecular formula is C22H28N6. The van der Waals surface area contributed by atoms with Crippen LogP contribution in [0.5, 0.6) is 0 Å². The van der Waals surface area contributed by atoms with Crippen LogP contribution >= 0.6 is 0 Å². The van der Waals surface area contributed by atoms with Crippen LogP contribution in [0.2, 0.25) is 0 Å². The highest BCUT2D eigenvalue weighted by Gasteiger charge is 2.11. The van der Waals surface area contributed by atoms with Gasteiger partial charge in [0.25, 0.3) is 0 Å². The van der Waals surface area contributed by atoms with Crippen molar-refractivity contribution in [3.05, 3.63) is 64.6 Å². The third-order valence-electron chi connectivity index (χ3n) is 4.20. The molecule has 0 saturated heterocycles. The molecule has 2 rings (SSSR count). The van der Waals surface area contributed by atoms with Crippen LogP contribution in [0.4, 0.5) is 0 Å². The summed E-state index contributed by atoms with van der Waals surface area (Å²) < 4.78 is 1.95. The Hall–Kier alpha value is -3.04. The summed E-state index contributed by atoms with van der Waals surface area (Å²) >= 11 is 0. The number of benzene rings is 1. The highest BCUT2D eigenvalue weighted by molar-refractivity contribution is 6.03. The first-order valence-electron chi connectivity index (χ1n) is 9.41. The van der Waals surface area contributed by atoms with E-state index in [0.717, 1.165) is 35.2 Å². The second-order valence-electron chi connectivity index (χ2n) is 7.25. The Labute approximate surface area is 167 Å². The van der Waals surface area contributed by atoms with Gasteiger partial charge in [0.05, 0.1) is 17.8 Å². The minimum Gasteiger partial charge on any atom is -0.330 e. The van der Waals surface area contributed by atoms with E-state index in [2.05, 4.69) is 41.7 Å². The van der Waals surface area contributed by atoms with E-state index in [0.29, 0.717) is 30.3 Å². The Morgan fingerprint density at radius 3 is 2.86 bits per heavy atom. The van der Waals surface area contributed by atoms with Gasteiger partial charge in [-0.15, -0.1) is 0 Å². The van der Waals surface area contributed by atoms with E-state index in [1.165, 1.54) is 0 Å². The fourth-order valence-corrected chi connectivity index (χ4v) is 2.88. The monoisotopic (exact) mass is 376 g/mol. The van der Waals surface area contributed by atoms with Crippen LogP contribution in [0.3, 0.4) is 0 Å². The molecule has 0 radical (unpaired) electrons. The molecule has 0 amide bonds. The molecule has 1 heterocycles. The summed E-state index contributed by atoms with van der Waals surface area (Å²) in [5.41, 5.74) is 10.2. The van der Waals surface area contributed by atoms with Crippen molar-refractivity contribution in [3.63, 3.8) is 0 Å². The lowest BCUT2D eigenvalue weighted by molar-refractivity contribution is 0.483. The maximum atomic E-state index is 9.30. The standard InChI is InChI=1S/C22H28N6/c1-16(2)14-28-15-19(13-27-28)10-20-9-18(11-24)5-6-21(20)22(25-4)26-12-17(3)7-8-23/h5-6,9,12-13,15-16H,4,7-8,10,14,23H2,1-3H3/b17-12+,26-22-. The average molecular weight is 377 g/mol. The summed E-state index contributed by atoms with van der Waals surface area (Å²) in [6.07, 6.45) is 7.12. The van der Waals surface area contributed by atoms with Crippen molar-refractivity contribution in [2.75, 3.05) is 6.54 Å². The zero-order valence-electron chi connectivity index (χ0n) is 16.9. The minimum absolute atomic E-state index is 0.525. The van der Waals surface area contributed by atoms with Crippen molar-refractivity contribution in [1.29, 1.82) is 5.26 Å². The van der Waals surface area contributed by atoms with Crippen LogP contribution in [-0.2, 0) is 13.0 Å². The van der Waals surface area contributed by atoms with Gasteiger partial charge in [-0.25, -0.2) is 9.98 Å². The summed E-state index contributed by atoms with van der Waals surface area (Å²) in [5, 5.41) is 13.7. The van der Waals surface area contributed by atoms with Crippen molar-refractivity contribution >= 4 is 12.6 Å². The Bertz CT molecular complexity index is 911. The van der Waals surface area contributed by atoms with E-state index in [1.807, 2.05) is 36.1 Å². The van der Waals surface area contributed by atoms with E-state index < -0.39 is 0 Å². The molecule has 146 valence electrons. The summed E-state index contributed by atoms with van der Waals surface area (Å²) in [6.45, 7) is 11.4. The largest absolute Gasteiger partial charge is 0.330 e. The van der Waals surface area contributed by atoms with Crippen molar-refractivity contribution in [2.45, 2.75) is 40.2 Å².